The van der Waals surface area contributed by atoms with Crippen molar-refractivity contribution in [2.75, 3.05) is 36.4 Å². The van der Waals surface area contributed by atoms with Gasteiger partial charge in [0.2, 0.25) is 11.8 Å². The molecule has 3 amide bonds. The summed E-state index contributed by atoms with van der Waals surface area (Å²) >= 11 is 0. The number of anilines is 2. The minimum Gasteiger partial charge on any atom is -0.355 e. The smallest absolute Gasteiger partial charge is 0.251 e. The van der Waals surface area contributed by atoms with Crippen LogP contribution >= 0.6 is 0 Å². The van der Waals surface area contributed by atoms with Crippen molar-refractivity contribution >= 4 is 29.2 Å². The molecule has 9 nitrogen and oxygen atoms in total. The van der Waals surface area contributed by atoms with Gasteiger partial charge in [-0.15, -0.1) is 5.10 Å². The molecule has 0 atom stereocenters. The van der Waals surface area contributed by atoms with Gasteiger partial charge < -0.3 is 20.9 Å². The topological polar surface area (TPSA) is 116 Å². The number of hydrogen-bond acceptors (Lipinski definition) is 6. The number of amides is 3. The molecule has 34 heavy (non-hydrogen) atoms. The molecule has 0 saturated carbocycles. The van der Waals surface area contributed by atoms with Gasteiger partial charge in [-0.2, -0.15) is 5.10 Å². The van der Waals surface area contributed by atoms with Crippen molar-refractivity contribution in [3.05, 3.63) is 47.7 Å². The minimum atomic E-state index is -0.493. The fourth-order valence-corrected chi connectivity index (χ4v) is 3.56. The largest absolute Gasteiger partial charge is 0.355 e. The van der Waals surface area contributed by atoms with Gasteiger partial charge in [0.15, 0.2) is 5.82 Å². The Balaban J connectivity index is 1.35. The quantitative estimate of drug-likeness (QED) is 0.540. The molecule has 1 fully saturated rings. The zero-order valence-corrected chi connectivity index (χ0v) is 20.4. The number of nitrogens with zero attached hydrogens (tertiary/aromatic N) is 3. The van der Waals surface area contributed by atoms with Crippen LogP contribution in [0.4, 0.5) is 11.5 Å². The number of aryl methyl sites for hydroxylation is 1. The molecule has 1 aromatic carbocycles. The van der Waals surface area contributed by atoms with Gasteiger partial charge in [-0.25, -0.2) is 0 Å². The fraction of sp³-hybridized carbons (Fsp3) is 0.480. The lowest BCUT2D eigenvalue weighted by atomic mass is 9.95. The summed E-state index contributed by atoms with van der Waals surface area (Å²) in [5, 5.41) is 16.9. The number of carbonyl (C=O) groups is 3. The molecular formula is C25H34N6O3. The van der Waals surface area contributed by atoms with Crippen LogP contribution in [0.15, 0.2) is 36.4 Å². The predicted octanol–water partition coefficient (Wildman–Crippen LogP) is 2.53. The Bertz CT molecular complexity index is 991. The van der Waals surface area contributed by atoms with E-state index in [1.807, 2.05) is 39.8 Å². The highest BCUT2D eigenvalue weighted by Crippen LogP contribution is 2.21. The number of carbonyl (C=O) groups excluding carboxylic acids is 3. The Morgan fingerprint density at radius 2 is 1.59 bits per heavy atom. The molecule has 1 aliphatic heterocycles. The van der Waals surface area contributed by atoms with Crippen molar-refractivity contribution in [2.45, 2.75) is 40.5 Å². The maximum atomic E-state index is 12.5. The zero-order chi connectivity index (χ0) is 24.7. The molecule has 0 radical (unpaired) electrons. The maximum absolute atomic E-state index is 12.5. The normalized spacial score (nSPS) is 14.4. The van der Waals surface area contributed by atoms with Gasteiger partial charge in [-0.3, -0.25) is 14.4 Å². The minimum absolute atomic E-state index is 0.0165. The van der Waals surface area contributed by atoms with Gasteiger partial charge in [0.25, 0.3) is 5.91 Å². The van der Waals surface area contributed by atoms with Crippen LogP contribution in [0.1, 0.15) is 49.7 Å². The standard InChI is InChI=1S/C25H34N6O3/c1-17-5-10-21(30-29-17)31-15-11-19(12-16-31)23(33)27-14-13-26-22(32)18-6-8-20(9-7-18)28-24(34)25(2,3)4/h5-10,19H,11-16H2,1-4H3,(H,26,32)(H,27,33)(H,28,34). The molecule has 3 rings (SSSR count). The first-order chi connectivity index (χ1) is 16.1. The average Bonchev–Trinajstić information content (AvgIpc) is 2.82. The number of hydrogen-bond donors (Lipinski definition) is 3. The molecule has 1 saturated heterocycles. The molecule has 9 heteroatoms. The van der Waals surface area contributed by atoms with E-state index in [4.69, 9.17) is 0 Å². The molecule has 3 N–H and O–H groups in total. The first-order valence-corrected chi connectivity index (χ1v) is 11.7. The van der Waals surface area contributed by atoms with Crippen LogP contribution in [0.3, 0.4) is 0 Å². The fourth-order valence-electron chi connectivity index (χ4n) is 3.56. The van der Waals surface area contributed by atoms with E-state index < -0.39 is 5.41 Å². The number of rotatable bonds is 7. The third-order valence-corrected chi connectivity index (χ3v) is 5.77. The van der Waals surface area contributed by atoms with Gasteiger partial charge in [0, 0.05) is 48.8 Å². The summed E-state index contributed by atoms with van der Waals surface area (Å²) < 4.78 is 0. The molecule has 1 aliphatic rings. The van der Waals surface area contributed by atoms with Gasteiger partial charge >= 0.3 is 0 Å². The lowest BCUT2D eigenvalue weighted by Gasteiger charge is -2.31. The molecule has 182 valence electrons. The van der Waals surface area contributed by atoms with Crippen molar-refractivity contribution < 1.29 is 14.4 Å². The second kappa shape index (κ2) is 11.1. The molecule has 0 unspecified atom stereocenters. The Labute approximate surface area is 200 Å². The lowest BCUT2D eigenvalue weighted by Crippen LogP contribution is -2.42. The molecule has 1 aromatic heterocycles. The average molecular weight is 467 g/mol. The number of piperidine rings is 1. The van der Waals surface area contributed by atoms with Gasteiger partial charge in [-0.1, -0.05) is 20.8 Å². The summed E-state index contributed by atoms with van der Waals surface area (Å²) in [5.41, 5.74) is 1.52. The van der Waals surface area contributed by atoms with E-state index in [1.54, 1.807) is 24.3 Å². The maximum Gasteiger partial charge on any atom is 0.251 e. The lowest BCUT2D eigenvalue weighted by molar-refractivity contribution is -0.125. The second-order valence-corrected chi connectivity index (χ2v) is 9.62. The SMILES string of the molecule is Cc1ccc(N2CCC(C(=O)NCCNC(=O)c3ccc(NC(=O)C(C)(C)C)cc3)CC2)nn1. The third-order valence-electron chi connectivity index (χ3n) is 5.77. The van der Waals surface area contributed by atoms with Gasteiger partial charge in [0.1, 0.15) is 0 Å². The van der Waals surface area contributed by atoms with E-state index in [0.29, 0.717) is 24.3 Å². The summed E-state index contributed by atoms with van der Waals surface area (Å²) in [7, 11) is 0. The van der Waals surface area contributed by atoms with Crippen molar-refractivity contribution in [3.8, 4) is 0 Å². The molecule has 0 spiro atoms. The van der Waals surface area contributed by atoms with Gasteiger partial charge in [-0.05, 0) is 56.2 Å². The van der Waals surface area contributed by atoms with Crippen molar-refractivity contribution in [1.82, 2.24) is 20.8 Å². The molecular weight excluding hydrogens is 432 g/mol. The summed E-state index contributed by atoms with van der Waals surface area (Å²) in [6.07, 6.45) is 1.51. The Hall–Kier alpha value is -3.49. The summed E-state index contributed by atoms with van der Waals surface area (Å²) in [6, 6.07) is 10.6. The number of nitrogens with one attached hydrogen (secondary N) is 3. The van der Waals surface area contributed by atoms with Crippen LogP contribution in [-0.4, -0.2) is 54.1 Å². The Morgan fingerprint density at radius 3 is 2.18 bits per heavy atom. The number of benzene rings is 1. The van der Waals surface area contributed by atoms with Crippen LogP contribution in [0.5, 0.6) is 0 Å². The van der Waals surface area contributed by atoms with Crippen molar-refractivity contribution in [2.24, 2.45) is 11.3 Å². The Kier molecular flexibility index (Phi) is 8.20. The van der Waals surface area contributed by atoms with E-state index in [2.05, 4.69) is 31.0 Å². The van der Waals surface area contributed by atoms with Crippen LogP contribution in [-0.2, 0) is 9.59 Å². The second-order valence-electron chi connectivity index (χ2n) is 9.62. The Morgan fingerprint density at radius 1 is 0.941 bits per heavy atom. The molecule has 2 heterocycles. The summed E-state index contributed by atoms with van der Waals surface area (Å²) in [4.78, 5) is 39.0. The van der Waals surface area contributed by atoms with Crippen molar-refractivity contribution in [3.63, 3.8) is 0 Å². The summed E-state index contributed by atoms with van der Waals surface area (Å²) in [6.45, 7) is 9.66. The van der Waals surface area contributed by atoms with Crippen LogP contribution < -0.4 is 20.9 Å². The summed E-state index contributed by atoms with van der Waals surface area (Å²) in [5.74, 6) is 0.506. The molecule has 2 aromatic rings. The van der Waals surface area contributed by atoms with Gasteiger partial charge in [0.05, 0.1) is 5.69 Å². The number of aromatic nitrogens is 2. The highest BCUT2D eigenvalue weighted by Gasteiger charge is 2.25. The van der Waals surface area contributed by atoms with Crippen molar-refractivity contribution in [1.29, 1.82) is 0 Å². The molecule has 0 aliphatic carbocycles. The third kappa shape index (κ3) is 7.00. The van der Waals surface area contributed by atoms with Crippen LogP contribution in [0, 0.1) is 18.3 Å². The highest BCUT2D eigenvalue weighted by atomic mass is 16.2. The van der Waals surface area contributed by atoms with E-state index in [-0.39, 0.29) is 23.6 Å². The predicted molar refractivity (Wildman–Crippen MR) is 132 cm³/mol. The highest BCUT2D eigenvalue weighted by molar-refractivity contribution is 5.97. The first-order valence-electron chi connectivity index (χ1n) is 11.7. The monoisotopic (exact) mass is 466 g/mol. The van der Waals surface area contributed by atoms with E-state index in [0.717, 1.165) is 37.4 Å². The molecule has 0 bridgehead atoms. The van der Waals surface area contributed by atoms with Crippen LogP contribution in [0.2, 0.25) is 0 Å². The zero-order valence-electron chi connectivity index (χ0n) is 20.4. The van der Waals surface area contributed by atoms with E-state index in [1.165, 1.54) is 0 Å². The van der Waals surface area contributed by atoms with E-state index >= 15 is 0 Å². The van der Waals surface area contributed by atoms with E-state index in [9.17, 15) is 14.4 Å². The first kappa shape index (κ1) is 25.1. The van der Waals surface area contributed by atoms with Crippen LogP contribution in [0.25, 0.3) is 0 Å².